The highest BCUT2D eigenvalue weighted by atomic mass is 19.4. The van der Waals surface area contributed by atoms with Crippen molar-refractivity contribution in [1.82, 2.24) is 9.88 Å². The second-order valence-corrected chi connectivity index (χ2v) is 6.86. The van der Waals surface area contributed by atoms with Crippen LogP contribution in [0.15, 0.2) is 42.6 Å². The minimum absolute atomic E-state index is 0.0752. The molecule has 0 bridgehead atoms. The third-order valence-corrected chi connectivity index (χ3v) is 4.96. The number of amides is 1. The van der Waals surface area contributed by atoms with Gasteiger partial charge in [0.2, 0.25) is 0 Å². The summed E-state index contributed by atoms with van der Waals surface area (Å²) in [7, 11) is 1.56. The van der Waals surface area contributed by atoms with E-state index in [1.165, 1.54) is 17.2 Å². The summed E-state index contributed by atoms with van der Waals surface area (Å²) in [6.07, 6.45) is -2.62. The minimum Gasteiger partial charge on any atom is -0.484 e. The number of aromatic nitrogens is 1. The Hall–Kier alpha value is -2.81. The van der Waals surface area contributed by atoms with Crippen LogP contribution < -0.4 is 9.64 Å². The number of alkyl halides is 3. The van der Waals surface area contributed by atoms with E-state index in [4.69, 9.17) is 9.84 Å². The van der Waals surface area contributed by atoms with Gasteiger partial charge in [-0.3, -0.25) is 4.79 Å². The second-order valence-electron chi connectivity index (χ2n) is 6.86. The fraction of sp³-hybridized carbons (Fsp3) is 0.500. The predicted octanol–water partition coefficient (Wildman–Crippen LogP) is 4.76. The van der Waals surface area contributed by atoms with Crippen LogP contribution in [0.3, 0.4) is 0 Å². The molecule has 0 radical (unpaired) electrons. The van der Waals surface area contributed by atoms with Crippen LogP contribution in [0.2, 0.25) is 0 Å². The topological polar surface area (TPSA) is 65.9 Å². The lowest BCUT2D eigenvalue weighted by atomic mass is 10.2. The number of likely N-dealkylation sites (tertiary alicyclic amines) is 1. The Morgan fingerprint density at radius 2 is 1.82 bits per heavy atom. The van der Waals surface area contributed by atoms with Crippen molar-refractivity contribution in [3.63, 3.8) is 0 Å². The molecule has 9 heteroatoms. The summed E-state index contributed by atoms with van der Waals surface area (Å²) < 4.78 is 45.2. The Morgan fingerprint density at radius 1 is 1.18 bits per heavy atom. The number of ether oxygens (including phenoxy) is 1. The number of pyridine rings is 1. The Balaban J connectivity index is 0.00000129. The van der Waals surface area contributed by atoms with Gasteiger partial charge in [0.1, 0.15) is 11.6 Å². The number of hydrogen-bond donors (Lipinski definition) is 1. The van der Waals surface area contributed by atoms with Crippen molar-refractivity contribution in [3.05, 3.63) is 53.7 Å². The first-order valence-electron chi connectivity index (χ1n) is 11.1. The smallest absolute Gasteiger partial charge is 0.419 e. The normalized spacial score (nSPS) is 15.1. The molecule has 0 aliphatic carbocycles. The number of carbonyl (C=O) groups is 1. The average Bonchev–Trinajstić information content (AvgIpc) is 3.35. The standard InChI is InChI=1S/C20H22F3N3O3.2C2H6/c1-25(19-17(20(21,22)23)3-2-9-24-19)15-8-10-26(11-15)18(28)13-29-16-6-4-14(12-27)5-7-16;2*1-2/h2-7,9,15,27H,8,10-13H2,1H3;2*1-2H3. The third kappa shape index (κ3) is 7.92. The lowest BCUT2D eigenvalue weighted by Crippen LogP contribution is -2.39. The van der Waals surface area contributed by atoms with Crippen molar-refractivity contribution >= 4 is 11.7 Å². The number of aliphatic hydroxyl groups is 1. The number of rotatable bonds is 6. The van der Waals surface area contributed by atoms with Gasteiger partial charge in [-0.2, -0.15) is 13.2 Å². The van der Waals surface area contributed by atoms with Gasteiger partial charge in [0.05, 0.1) is 12.2 Å². The van der Waals surface area contributed by atoms with Gasteiger partial charge in [0.15, 0.2) is 6.61 Å². The molecule has 1 atom stereocenters. The van der Waals surface area contributed by atoms with Crippen LogP contribution in [0.5, 0.6) is 5.75 Å². The molecular weight excluding hydrogens is 435 g/mol. The maximum atomic E-state index is 13.2. The lowest BCUT2D eigenvalue weighted by molar-refractivity contribution is -0.137. The van der Waals surface area contributed by atoms with Crippen molar-refractivity contribution in [1.29, 1.82) is 0 Å². The van der Waals surface area contributed by atoms with Crippen LogP contribution in [0.4, 0.5) is 19.0 Å². The Morgan fingerprint density at radius 3 is 2.39 bits per heavy atom. The van der Waals surface area contributed by atoms with Gasteiger partial charge in [0, 0.05) is 32.4 Å². The average molecular weight is 470 g/mol. The largest absolute Gasteiger partial charge is 0.484 e. The Labute approximate surface area is 194 Å². The van der Waals surface area contributed by atoms with Crippen LogP contribution in [0.1, 0.15) is 45.2 Å². The zero-order valence-corrected chi connectivity index (χ0v) is 19.9. The first-order valence-corrected chi connectivity index (χ1v) is 11.1. The monoisotopic (exact) mass is 469 g/mol. The van der Waals surface area contributed by atoms with Crippen LogP contribution in [0.25, 0.3) is 0 Å². The molecule has 1 aliphatic heterocycles. The van der Waals surface area contributed by atoms with E-state index in [2.05, 4.69) is 4.98 Å². The molecular formula is C24H34F3N3O3. The van der Waals surface area contributed by atoms with Gasteiger partial charge < -0.3 is 19.6 Å². The summed E-state index contributed by atoms with van der Waals surface area (Å²) in [5.74, 6) is 0.135. The molecule has 1 aliphatic rings. The predicted molar refractivity (Wildman–Crippen MR) is 123 cm³/mol. The second kappa shape index (κ2) is 13.7. The molecule has 1 unspecified atom stereocenters. The molecule has 184 valence electrons. The van der Waals surface area contributed by atoms with E-state index in [-0.39, 0.29) is 31.0 Å². The van der Waals surface area contributed by atoms with E-state index in [1.54, 1.807) is 36.2 Å². The van der Waals surface area contributed by atoms with Gasteiger partial charge >= 0.3 is 6.18 Å². The van der Waals surface area contributed by atoms with Crippen molar-refractivity contribution in [2.75, 3.05) is 31.6 Å². The Kier molecular flexibility index (Phi) is 11.7. The first kappa shape index (κ1) is 28.2. The molecule has 1 fully saturated rings. The number of hydrogen-bond acceptors (Lipinski definition) is 5. The summed E-state index contributed by atoms with van der Waals surface area (Å²) in [6, 6.07) is 8.73. The quantitative estimate of drug-likeness (QED) is 0.661. The van der Waals surface area contributed by atoms with Gasteiger partial charge in [-0.1, -0.05) is 39.8 Å². The molecule has 33 heavy (non-hydrogen) atoms. The highest BCUT2D eigenvalue weighted by Crippen LogP contribution is 2.36. The van der Waals surface area contributed by atoms with Crippen molar-refractivity contribution in [2.45, 2.75) is 52.9 Å². The number of anilines is 1. The van der Waals surface area contributed by atoms with E-state index in [9.17, 15) is 18.0 Å². The molecule has 1 aromatic carbocycles. The third-order valence-electron chi connectivity index (χ3n) is 4.96. The van der Waals surface area contributed by atoms with Crippen molar-refractivity contribution in [3.8, 4) is 5.75 Å². The molecule has 1 N–H and O–H groups in total. The number of nitrogens with zero attached hydrogens (tertiary/aromatic N) is 3. The van der Waals surface area contributed by atoms with Gasteiger partial charge in [0.25, 0.3) is 5.91 Å². The molecule has 2 heterocycles. The first-order chi connectivity index (χ1) is 15.8. The maximum absolute atomic E-state index is 13.2. The number of aliphatic hydroxyl groups excluding tert-OH is 1. The fourth-order valence-corrected chi connectivity index (χ4v) is 3.28. The Bertz CT molecular complexity index is 845. The van der Waals surface area contributed by atoms with Crippen LogP contribution >= 0.6 is 0 Å². The maximum Gasteiger partial charge on any atom is 0.419 e. The number of likely N-dealkylation sites (N-methyl/N-ethyl adjacent to an activating group) is 1. The van der Waals surface area contributed by atoms with Gasteiger partial charge in [-0.05, 0) is 36.2 Å². The summed E-state index contributed by atoms with van der Waals surface area (Å²) in [5.41, 5.74) is -0.0521. The van der Waals surface area contributed by atoms with Crippen LogP contribution in [-0.4, -0.2) is 53.7 Å². The molecule has 1 aromatic heterocycles. The van der Waals surface area contributed by atoms with E-state index in [0.717, 1.165) is 11.6 Å². The zero-order chi connectivity index (χ0) is 25.0. The number of carbonyl (C=O) groups excluding carboxylic acids is 1. The zero-order valence-electron chi connectivity index (χ0n) is 19.9. The van der Waals surface area contributed by atoms with Crippen molar-refractivity contribution in [2.24, 2.45) is 0 Å². The summed E-state index contributed by atoms with van der Waals surface area (Å²) in [5, 5.41) is 9.03. The highest BCUT2D eigenvalue weighted by molar-refractivity contribution is 5.78. The number of benzene rings is 1. The molecule has 2 aromatic rings. The van der Waals surface area contributed by atoms with Crippen LogP contribution in [0, 0.1) is 0 Å². The summed E-state index contributed by atoms with van der Waals surface area (Å²) in [4.78, 5) is 19.4. The fourth-order valence-electron chi connectivity index (χ4n) is 3.28. The van der Waals surface area contributed by atoms with E-state index < -0.39 is 11.7 Å². The molecule has 6 nitrogen and oxygen atoms in total. The molecule has 3 rings (SSSR count). The van der Waals surface area contributed by atoms with Crippen molar-refractivity contribution < 1.29 is 27.8 Å². The summed E-state index contributed by atoms with van der Waals surface area (Å²) in [6.45, 7) is 8.51. The van der Waals surface area contributed by atoms with E-state index in [1.807, 2.05) is 27.7 Å². The van der Waals surface area contributed by atoms with E-state index in [0.29, 0.717) is 25.3 Å². The van der Waals surface area contributed by atoms with E-state index >= 15 is 0 Å². The van der Waals surface area contributed by atoms with Crippen LogP contribution in [-0.2, 0) is 17.6 Å². The number of halogens is 3. The molecule has 0 spiro atoms. The molecule has 1 amide bonds. The molecule has 0 saturated carbocycles. The SMILES string of the molecule is CC.CC.CN(c1ncccc1C(F)(F)F)C1CCN(C(=O)COc2ccc(CO)cc2)C1. The molecule has 1 saturated heterocycles. The summed E-state index contributed by atoms with van der Waals surface area (Å²) >= 11 is 0. The highest BCUT2D eigenvalue weighted by Gasteiger charge is 2.37. The minimum atomic E-state index is -4.49. The van der Waals surface area contributed by atoms with Gasteiger partial charge in [-0.15, -0.1) is 0 Å². The lowest BCUT2D eigenvalue weighted by Gasteiger charge is -2.28. The van der Waals surface area contributed by atoms with Gasteiger partial charge in [-0.25, -0.2) is 4.98 Å².